The molecule has 0 bridgehead atoms. The smallest absolute Gasteiger partial charge is 0.119 e. The first-order valence-corrected chi connectivity index (χ1v) is 4.82. The highest BCUT2D eigenvalue weighted by Gasteiger charge is 2.19. The van der Waals surface area contributed by atoms with E-state index in [4.69, 9.17) is 5.73 Å². The van der Waals surface area contributed by atoms with Crippen molar-refractivity contribution in [3.05, 3.63) is 18.3 Å². The minimum Gasteiger partial charge on any atom is -0.397 e. The van der Waals surface area contributed by atoms with Crippen molar-refractivity contribution in [2.75, 3.05) is 18.8 Å². The Balaban J connectivity index is 2.06. The van der Waals surface area contributed by atoms with Crippen LogP contribution in [0.5, 0.6) is 0 Å². The summed E-state index contributed by atoms with van der Waals surface area (Å²) in [6, 6.07) is 3.75. The minimum atomic E-state index is 0.655. The van der Waals surface area contributed by atoms with Gasteiger partial charge in [-0.05, 0) is 12.1 Å². The highest BCUT2D eigenvalue weighted by molar-refractivity contribution is 8.00. The number of aromatic nitrogens is 1. The summed E-state index contributed by atoms with van der Waals surface area (Å²) in [5, 5.41) is 4.83. The van der Waals surface area contributed by atoms with Crippen LogP contribution in [0.25, 0.3) is 0 Å². The van der Waals surface area contributed by atoms with Crippen LogP contribution >= 0.6 is 11.8 Å². The number of pyridine rings is 1. The van der Waals surface area contributed by atoms with Crippen molar-refractivity contribution in [2.24, 2.45) is 0 Å². The Hall–Kier alpha value is -0.740. The first kappa shape index (κ1) is 7.89. The van der Waals surface area contributed by atoms with Gasteiger partial charge in [-0.15, -0.1) is 0 Å². The molecule has 2 heterocycles. The third-order valence-corrected chi connectivity index (χ3v) is 3.05. The highest BCUT2D eigenvalue weighted by atomic mass is 32.2. The summed E-state index contributed by atoms with van der Waals surface area (Å²) in [5.41, 5.74) is 6.53. The second-order valence-electron chi connectivity index (χ2n) is 2.80. The van der Waals surface area contributed by atoms with Gasteiger partial charge in [0, 0.05) is 24.5 Å². The van der Waals surface area contributed by atoms with E-state index in [9.17, 15) is 0 Å². The number of nitrogen functional groups attached to an aromatic ring is 1. The van der Waals surface area contributed by atoms with Crippen LogP contribution in [-0.4, -0.2) is 23.3 Å². The molecular formula is C8H11N3S. The molecule has 0 unspecified atom stereocenters. The Bertz CT molecular complexity index is 273. The van der Waals surface area contributed by atoms with Crippen LogP contribution in [0.15, 0.2) is 23.4 Å². The molecule has 3 N–H and O–H groups in total. The molecule has 2 rings (SSSR count). The average molecular weight is 181 g/mol. The molecule has 0 spiro atoms. The monoisotopic (exact) mass is 181 g/mol. The van der Waals surface area contributed by atoms with Crippen LogP contribution in [0, 0.1) is 0 Å². The Kier molecular flexibility index (Phi) is 2.19. The van der Waals surface area contributed by atoms with E-state index in [0.29, 0.717) is 5.25 Å². The van der Waals surface area contributed by atoms with E-state index in [0.717, 1.165) is 23.8 Å². The fourth-order valence-electron chi connectivity index (χ4n) is 1.01. The Morgan fingerprint density at radius 1 is 1.58 bits per heavy atom. The maximum absolute atomic E-state index is 5.74. The standard InChI is InChI=1S/C8H11N3S/c9-7-2-1-3-11-8(7)12-6-4-10-5-6/h1-3,6,10H,4-5,9H2. The third-order valence-electron chi connectivity index (χ3n) is 1.82. The van der Waals surface area contributed by atoms with Crippen molar-refractivity contribution in [1.82, 2.24) is 10.3 Å². The number of anilines is 1. The van der Waals surface area contributed by atoms with Gasteiger partial charge < -0.3 is 11.1 Å². The number of nitrogens with two attached hydrogens (primary N) is 1. The fourth-order valence-corrected chi connectivity index (χ4v) is 2.05. The number of nitrogens with one attached hydrogen (secondary N) is 1. The molecule has 0 atom stereocenters. The molecule has 4 heteroatoms. The molecule has 0 aliphatic carbocycles. The average Bonchev–Trinajstić information content (AvgIpc) is 2.00. The summed E-state index contributed by atoms with van der Waals surface area (Å²) in [6.07, 6.45) is 1.78. The van der Waals surface area contributed by atoms with Gasteiger partial charge in [0.25, 0.3) is 0 Å². The maximum atomic E-state index is 5.74. The van der Waals surface area contributed by atoms with Crippen LogP contribution < -0.4 is 11.1 Å². The van der Waals surface area contributed by atoms with E-state index in [1.54, 1.807) is 18.0 Å². The number of thioether (sulfide) groups is 1. The quantitative estimate of drug-likeness (QED) is 0.706. The Morgan fingerprint density at radius 2 is 2.42 bits per heavy atom. The van der Waals surface area contributed by atoms with Crippen molar-refractivity contribution >= 4 is 17.4 Å². The van der Waals surface area contributed by atoms with Gasteiger partial charge in [-0.1, -0.05) is 11.8 Å². The zero-order valence-electron chi connectivity index (χ0n) is 6.66. The second-order valence-corrected chi connectivity index (χ2v) is 4.08. The molecule has 12 heavy (non-hydrogen) atoms. The molecule has 1 aromatic heterocycles. The molecule has 1 aliphatic rings. The summed E-state index contributed by atoms with van der Waals surface area (Å²) in [4.78, 5) is 4.21. The molecule has 0 saturated carbocycles. The lowest BCUT2D eigenvalue weighted by molar-refractivity contribution is 0.543. The number of hydrogen-bond donors (Lipinski definition) is 2. The lowest BCUT2D eigenvalue weighted by atomic mass is 10.3. The molecule has 1 fully saturated rings. The molecule has 64 valence electrons. The van der Waals surface area contributed by atoms with Gasteiger partial charge in [0.15, 0.2) is 0 Å². The molecule has 3 nitrogen and oxygen atoms in total. The molecule has 1 aliphatic heterocycles. The molecule has 1 aromatic rings. The summed E-state index contributed by atoms with van der Waals surface area (Å²) in [6.45, 7) is 2.14. The van der Waals surface area contributed by atoms with Gasteiger partial charge in [0.05, 0.1) is 5.69 Å². The van der Waals surface area contributed by atoms with Crippen LogP contribution in [0.3, 0.4) is 0 Å². The van der Waals surface area contributed by atoms with Gasteiger partial charge in [0.1, 0.15) is 5.03 Å². The van der Waals surface area contributed by atoms with E-state index in [2.05, 4.69) is 10.3 Å². The summed E-state index contributed by atoms with van der Waals surface area (Å²) < 4.78 is 0. The van der Waals surface area contributed by atoms with E-state index in [1.807, 2.05) is 12.1 Å². The van der Waals surface area contributed by atoms with Crippen LogP contribution in [-0.2, 0) is 0 Å². The first-order valence-electron chi connectivity index (χ1n) is 3.94. The second kappa shape index (κ2) is 3.33. The summed E-state index contributed by atoms with van der Waals surface area (Å²) in [7, 11) is 0. The molecule has 1 saturated heterocycles. The lowest BCUT2D eigenvalue weighted by Gasteiger charge is -2.26. The van der Waals surface area contributed by atoms with Gasteiger partial charge in [-0.3, -0.25) is 0 Å². The van der Waals surface area contributed by atoms with Gasteiger partial charge >= 0.3 is 0 Å². The topological polar surface area (TPSA) is 50.9 Å². The number of hydrogen-bond acceptors (Lipinski definition) is 4. The predicted octanol–water partition coefficient (Wildman–Crippen LogP) is 0.728. The fraction of sp³-hybridized carbons (Fsp3) is 0.375. The number of nitrogens with zero attached hydrogens (tertiary/aromatic N) is 1. The van der Waals surface area contributed by atoms with E-state index >= 15 is 0 Å². The van der Waals surface area contributed by atoms with Crippen LogP contribution in [0.4, 0.5) is 5.69 Å². The van der Waals surface area contributed by atoms with Crippen molar-refractivity contribution in [2.45, 2.75) is 10.3 Å². The van der Waals surface area contributed by atoms with Crippen molar-refractivity contribution in [3.8, 4) is 0 Å². The van der Waals surface area contributed by atoms with Gasteiger partial charge in [-0.25, -0.2) is 4.98 Å². The minimum absolute atomic E-state index is 0.655. The molecular weight excluding hydrogens is 170 g/mol. The van der Waals surface area contributed by atoms with Gasteiger partial charge in [0.2, 0.25) is 0 Å². The predicted molar refractivity (Wildman–Crippen MR) is 51.2 cm³/mol. The molecule has 0 radical (unpaired) electrons. The van der Waals surface area contributed by atoms with Crippen molar-refractivity contribution in [3.63, 3.8) is 0 Å². The third kappa shape index (κ3) is 1.54. The van der Waals surface area contributed by atoms with Crippen molar-refractivity contribution in [1.29, 1.82) is 0 Å². The van der Waals surface area contributed by atoms with Gasteiger partial charge in [-0.2, -0.15) is 0 Å². The maximum Gasteiger partial charge on any atom is 0.119 e. The lowest BCUT2D eigenvalue weighted by Crippen LogP contribution is -2.44. The van der Waals surface area contributed by atoms with Crippen LogP contribution in [0.1, 0.15) is 0 Å². The Labute approximate surface area is 75.8 Å². The molecule has 0 amide bonds. The SMILES string of the molecule is Nc1cccnc1SC1CNC1. The summed E-state index contributed by atoms with van der Waals surface area (Å²) >= 11 is 1.76. The van der Waals surface area contributed by atoms with E-state index < -0.39 is 0 Å². The summed E-state index contributed by atoms with van der Waals surface area (Å²) in [5.74, 6) is 0. The largest absolute Gasteiger partial charge is 0.397 e. The normalized spacial score (nSPS) is 17.3. The van der Waals surface area contributed by atoms with E-state index in [-0.39, 0.29) is 0 Å². The van der Waals surface area contributed by atoms with E-state index in [1.165, 1.54) is 0 Å². The number of rotatable bonds is 2. The Morgan fingerprint density at radius 3 is 3.00 bits per heavy atom. The van der Waals surface area contributed by atoms with Crippen molar-refractivity contribution < 1.29 is 0 Å². The van der Waals surface area contributed by atoms with Crippen LogP contribution in [0.2, 0.25) is 0 Å². The first-order chi connectivity index (χ1) is 5.86. The zero-order chi connectivity index (χ0) is 8.39. The zero-order valence-corrected chi connectivity index (χ0v) is 7.47. The highest BCUT2D eigenvalue weighted by Crippen LogP contribution is 2.27. The molecule has 0 aromatic carbocycles.